The van der Waals surface area contributed by atoms with Crippen LogP contribution in [0.15, 0.2) is 60.8 Å². The van der Waals surface area contributed by atoms with Crippen LogP contribution in [0.4, 0.5) is 5.69 Å². The number of ether oxygens (including phenoxy) is 1. The molecule has 0 atom stereocenters. The van der Waals surface area contributed by atoms with Crippen LogP contribution in [0.5, 0.6) is 5.75 Å². The number of carbonyl (C=O) groups is 1. The van der Waals surface area contributed by atoms with Gasteiger partial charge in [-0.05, 0) is 54.8 Å². The number of hydrogen-bond donors (Lipinski definition) is 1. The van der Waals surface area contributed by atoms with Gasteiger partial charge in [0.15, 0.2) is 0 Å². The average molecular weight is 422 g/mol. The van der Waals surface area contributed by atoms with E-state index in [1.54, 1.807) is 7.11 Å². The Morgan fingerprint density at radius 3 is 2.63 bits per heavy atom. The van der Waals surface area contributed by atoms with Gasteiger partial charge in [-0.15, -0.1) is 0 Å². The number of hydrogen-bond acceptors (Lipinski definition) is 3. The van der Waals surface area contributed by atoms with Crippen LogP contribution in [0.2, 0.25) is 5.02 Å². The maximum Gasteiger partial charge on any atom is 0.226 e. The molecule has 1 saturated heterocycles. The van der Waals surface area contributed by atoms with Crippen LogP contribution in [0.3, 0.4) is 0 Å². The van der Waals surface area contributed by atoms with Gasteiger partial charge in [-0.3, -0.25) is 4.79 Å². The highest BCUT2D eigenvalue weighted by Gasteiger charge is 2.42. The zero-order chi connectivity index (χ0) is 20.7. The van der Waals surface area contributed by atoms with Gasteiger partial charge in [0.1, 0.15) is 5.75 Å². The number of piperidine rings is 1. The molecule has 3 aromatic rings. The van der Waals surface area contributed by atoms with Crippen molar-refractivity contribution in [2.45, 2.75) is 24.8 Å². The van der Waals surface area contributed by atoms with Gasteiger partial charge in [0, 0.05) is 36.1 Å². The van der Waals surface area contributed by atoms with Gasteiger partial charge in [-0.1, -0.05) is 23.7 Å². The summed E-state index contributed by atoms with van der Waals surface area (Å²) in [5.74, 6) is 1.00. The van der Waals surface area contributed by atoms with Gasteiger partial charge in [-0.25, -0.2) is 0 Å². The van der Waals surface area contributed by atoms with Crippen LogP contribution in [-0.4, -0.2) is 35.6 Å². The first-order valence-electron chi connectivity index (χ1n) is 10.2. The number of anilines is 1. The molecule has 1 fully saturated rings. The Morgan fingerprint density at radius 2 is 1.90 bits per heavy atom. The van der Waals surface area contributed by atoms with Crippen LogP contribution in [-0.2, 0) is 16.8 Å². The van der Waals surface area contributed by atoms with Crippen molar-refractivity contribution in [2.24, 2.45) is 0 Å². The molecule has 2 aromatic carbocycles. The van der Waals surface area contributed by atoms with E-state index in [0.717, 1.165) is 48.6 Å². The SMILES string of the molecule is COc1ccc2c(c1)NC1(CCN(C(=O)Cc3ccc(Cl)cc3)CC1)c1cccn1-2. The first-order chi connectivity index (χ1) is 14.6. The van der Waals surface area contributed by atoms with Crippen LogP contribution >= 0.6 is 11.6 Å². The topological polar surface area (TPSA) is 46.5 Å². The molecule has 1 amide bonds. The highest BCUT2D eigenvalue weighted by atomic mass is 35.5. The van der Waals surface area contributed by atoms with Crippen molar-refractivity contribution in [1.29, 1.82) is 0 Å². The normalized spacial score (nSPS) is 16.5. The Balaban J connectivity index is 1.35. The van der Waals surface area contributed by atoms with E-state index in [2.05, 4.69) is 40.3 Å². The Hall–Kier alpha value is -2.92. The van der Waals surface area contributed by atoms with Gasteiger partial charge in [-0.2, -0.15) is 0 Å². The molecule has 0 saturated carbocycles. The third-order valence-electron chi connectivity index (χ3n) is 6.31. The predicted molar refractivity (Wildman–Crippen MR) is 119 cm³/mol. The lowest BCUT2D eigenvalue weighted by molar-refractivity contribution is -0.132. The molecule has 2 aliphatic rings. The predicted octanol–water partition coefficient (Wildman–Crippen LogP) is 4.63. The highest BCUT2D eigenvalue weighted by Crippen LogP contribution is 2.44. The molecule has 0 radical (unpaired) electrons. The first-order valence-corrected chi connectivity index (χ1v) is 10.6. The first kappa shape index (κ1) is 19.1. The fraction of sp³-hybridized carbons (Fsp3) is 0.292. The van der Waals surface area contributed by atoms with E-state index < -0.39 is 0 Å². The standard InChI is InChI=1S/C24H24ClN3O2/c1-30-19-8-9-21-20(16-19)26-24(22-3-2-12-28(21)22)10-13-27(14-11-24)23(29)15-17-4-6-18(25)7-5-17/h2-9,12,16,26H,10-11,13-15H2,1H3. The van der Waals surface area contributed by atoms with E-state index in [0.29, 0.717) is 11.4 Å². The van der Waals surface area contributed by atoms with Crippen molar-refractivity contribution in [3.05, 3.63) is 77.1 Å². The Morgan fingerprint density at radius 1 is 1.13 bits per heavy atom. The van der Waals surface area contributed by atoms with Crippen LogP contribution < -0.4 is 10.1 Å². The number of aromatic nitrogens is 1. The molecule has 3 heterocycles. The minimum atomic E-state index is -0.181. The Labute approximate surface area is 181 Å². The molecule has 0 aliphatic carbocycles. The fourth-order valence-corrected chi connectivity index (χ4v) is 4.79. The second-order valence-corrected chi connectivity index (χ2v) is 8.47. The minimum absolute atomic E-state index is 0.167. The number of nitrogens with one attached hydrogen (secondary N) is 1. The maximum atomic E-state index is 12.9. The van der Waals surface area contributed by atoms with Crippen molar-refractivity contribution < 1.29 is 9.53 Å². The summed E-state index contributed by atoms with van der Waals surface area (Å²) in [7, 11) is 1.69. The average Bonchev–Trinajstić information content (AvgIpc) is 3.27. The number of carbonyl (C=O) groups excluding carboxylic acids is 1. The van der Waals surface area contributed by atoms with Crippen molar-refractivity contribution in [1.82, 2.24) is 9.47 Å². The molecule has 1 spiro atoms. The van der Waals surface area contributed by atoms with E-state index in [9.17, 15) is 4.79 Å². The molecular formula is C24H24ClN3O2. The summed E-state index contributed by atoms with van der Waals surface area (Å²) in [4.78, 5) is 14.8. The number of fused-ring (bicyclic) bond motifs is 4. The van der Waals surface area contributed by atoms with Gasteiger partial charge in [0.25, 0.3) is 0 Å². The van der Waals surface area contributed by atoms with Crippen molar-refractivity contribution in [2.75, 3.05) is 25.5 Å². The van der Waals surface area contributed by atoms with Crippen molar-refractivity contribution in [3.8, 4) is 11.4 Å². The lowest BCUT2D eigenvalue weighted by Crippen LogP contribution is -2.51. The summed E-state index contributed by atoms with van der Waals surface area (Å²) in [5.41, 5.74) is 4.27. The summed E-state index contributed by atoms with van der Waals surface area (Å²) < 4.78 is 7.69. The summed E-state index contributed by atoms with van der Waals surface area (Å²) in [6.07, 6.45) is 4.25. The van der Waals surface area contributed by atoms with E-state index in [-0.39, 0.29) is 11.4 Å². The fourth-order valence-electron chi connectivity index (χ4n) is 4.66. The molecule has 2 aliphatic heterocycles. The summed E-state index contributed by atoms with van der Waals surface area (Å²) in [5, 5.41) is 4.48. The zero-order valence-corrected chi connectivity index (χ0v) is 17.7. The second kappa shape index (κ2) is 7.40. The van der Waals surface area contributed by atoms with Crippen molar-refractivity contribution >= 4 is 23.2 Å². The van der Waals surface area contributed by atoms with Crippen molar-refractivity contribution in [3.63, 3.8) is 0 Å². The number of likely N-dealkylation sites (tertiary alicyclic amines) is 1. The number of halogens is 1. The van der Waals surface area contributed by atoms with Gasteiger partial charge >= 0.3 is 0 Å². The van der Waals surface area contributed by atoms with Crippen LogP contribution in [0.25, 0.3) is 5.69 Å². The smallest absolute Gasteiger partial charge is 0.226 e. The molecule has 1 aromatic heterocycles. The summed E-state index contributed by atoms with van der Waals surface area (Å²) in [6, 6.07) is 17.9. The van der Waals surface area contributed by atoms with Crippen LogP contribution in [0, 0.1) is 0 Å². The minimum Gasteiger partial charge on any atom is -0.497 e. The second-order valence-electron chi connectivity index (χ2n) is 8.04. The third-order valence-corrected chi connectivity index (χ3v) is 6.57. The molecule has 154 valence electrons. The van der Waals surface area contributed by atoms with Gasteiger partial charge in [0.05, 0.1) is 30.4 Å². The zero-order valence-electron chi connectivity index (χ0n) is 16.9. The highest BCUT2D eigenvalue weighted by molar-refractivity contribution is 6.30. The molecule has 5 nitrogen and oxygen atoms in total. The number of amides is 1. The molecule has 0 unspecified atom stereocenters. The number of rotatable bonds is 3. The van der Waals surface area contributed by atoms with E-state index >= 15 is 0 Å². The lowest BCUT2D eigenvalue weighted by Gasteiger charge is -2.46. The molecular weight excluding hydrogens is 398 g/mol. The van der Waals surface area contributed by atoms with Crippen LogP contribution in [0.1, 0.15) is 24.1 Å². The number of nitrogens with zero attached hydrogens (tertiary/aromatic N) is 2. The largest absolute Gasteiger partial charge is 0.497 e. The quantitative estimate of drug-likeness (QED) is 0.671. The van der Waals surface area contributed by atoms with Gasteiger partial charge in [0.2, 0.25) is 5.91 Å². The summed E-state index contributed by atoms with van der Waals surface area (Å²) >= 11 is 5.95. The molecule has 1 N–H and O–H groups in total. The van der Waals surface area contributed by atoms with E-state index in [1.807, 2.05) is 35.2 Å². The molecule has 6 heteroatoms. The Kier molecular flexibility index (Phi) is 4.70. The number of methoxy groups -OCH3 is 1. The Bertz CT molecular complexity index is 1080. The molecule has 30 heavy (non-hydrogen) atoms. The molecule has 5 rings (SSSR count). The van der Waals surface area contributed by atoms with E-state index in [1.165, 1.54) is 5.69 Å². The van der Waals surface area contributed by atoms with Gasteiger partial charge < -0.3 is 19.5 Å². The summed E-state index contributed by atoms with van der Waals surface area (Å²) in [6.45, 7) is 1.45. The molecule has 0 bridgehead atoms. The lowest BCUT2D eigenvalue weighted by atomic mass is 9.82. The van der Waals surface area contributed by atoms with E-state index in [4.69, 9.17) is 16.3 Å². The third kappa shape index (κ3) is 3.23. The maximum absolute atomic E-state index is 12.9. The monoisotopic (exact) mass is 421 g/mol. The number of benzene rings is 2.